The number of fused-ring (bicyclic) bond motifs is 4. The van der Waals surface area contributed by atoms with E-state index in [0.29, 0.717) is 0 Å². The van der Waals surface area contributed by atoms with Crippen molar-refractivity contribution in [2.45, 2.75) is 35.4 Å². The Hall–Kier alpha value is -4.51. The molecule has 270 valence electrons. The quantitative estimate of drug-likeness (QED) is 0.0652. The third-order valence-electron chi connectivity index (χ3n) is 10.3. The van der Waals surface area contributed by atoms with Crippen LogP contribution in [-0.4, -0.2) is 62.3 Å². The van der Waals surface area contributed by atoms with E-state index in [1.807, 2.05) is 0 Å². The number of hydrogen-bond acceptors (Lipinski definition) is 8. The number of anilines is 2. The highest BCUT2D eigenvalue weighted by Gasteiger charge is 2.77. The van der Waals surface area contributed by atoms with E-state index in [1.54, 1.807) is 6.92 Å². The minimum atomic E-state index is -2.75. The third-order valence-corrected chi connectivity index (χ3v) is 11.7. The Labute approximate surface area is 301 Å². The van der Waals surface area contributed by atoms with Gasteiger partial charge >= 0.3 is 7.12 Å². The van der Waals surface area contributed by atoms with E-state index in [0.717, 1.165) is 4.90 Å². The lowest BCUT2D eigenvalue weighted by molar-refractivity contribution is -0.125. The van der Waals surface area contributed by atoms with Crippen LogP contribution in [0.4, 0.5) is 33.3 Å². The number of amides is 4. The molecule has 2 aliphatic heterocycles. The number of benzene rings is 3. The normalized spacial score (nSPS) is 28.2. The molecule has 3 aromatic carbocycles. The van der Waals surface area contributed by atoms with E-state index >= 15 is 8.78 Å². The van der Waals surface area contributed by atoms with Gasteiger partial charge in [0.2, 0.25) is 17.6 Å². The highest BCUT2D eigenvalue weighted by atomic mass is 35.5. The van der Waals surface area contributed by atoms with E-state index in [9.17, 15) is 47.5 Å². The summed E-state index contributed by atoms with van der Waals surface area (Å²) in [4.78, 5) is 51.9. The first-order valence-corrected chi connectivity index (χ1v) is 16.5. The Morgan fingerprint density at radius 3 is 2.15 bits per heavy atom. The van der Waals surface area contributed by atoms with Crippen molar-refractivity contribution in [2.24, 2.45) is 17.8 Å². The Bertz CT molecular complexity index is 2130. The smallest absolute Gasteiger partial charge is 0.488 e. The summed E-state index contributed by atoms with van der Waals surface area (Å²) in [7, 11) is -1.94. The third kappa shape index (κ3) is 4.70. The maximum Gasteiger partial charge on any atom is 0.488 e. The summed E-state index contributed by atoms with van der Waals surface area (Å²) in [6, 6.07) is 9.06. The minimum Gasteiger partial charge on any atom is -0.504 e. The summed E-state index contributed by atoms with van der Waals surface area (Å²) in [5, 5.41) is 29.9. The number of hydrogen-bond donors (Lipinski definition) is 3. The minimum absolute atomic E-state index is 0.000635. The number of aromatic hydroxyl groups is 1. The summed E-state index contributed by atoms with van der Waals surface area (Å²) < 4.78 is 79.0. The second kappa shape index (κ2) is 12.3. The van der Waals surface area contributed by atoms with Crippen LogP contribution in [0.2, 0.25) is 0 Å². The molecule has 0 spiro atoms. The molecule has 0 radical (unpaired) electrons. The molecule has 0 aromatic heterocycles. The van der Waals surface area contributed by atoms with Crippen LogP contribution in [-0.2, 0) is 19.2 Å². The number of alkyl halides is 2. The first-order chi connectivity index (χ1) is 24.5. The molecule has 52 heavy (non-hydrogen) atoms. The number of carbonyl (C=O) groups is 4. The highest BCUT2D eigenvalue weighted by molar-refractivity contribution is 6.59. The molecule has 6 atom stereocenters. The first kappa shape index (κ1) is 35.9. The van der Waals surface area contributed by atoms with Crippen molar-refractivity contribution in [2.75, 3.05) is 16.4 Å². The molecular weight excluding hydrogens is 741 g/mol. The molecule has 2 heterocycles. The number of allylic oxidation sites excluding steroid dienone is 2. The van der Waals surface area contributed by atoms with Crippen molar-refractivity contribution >= 4 is 70.8 Å². The number of carbonyl (C=O) groups excluding carboxylic acids is 4. The lowest BCUT2D eigenvalue weighted by Gasteiger charge is -2.50. The van der Waals surface area contributed by atoms with Gasteiger partial charge in [-0.25, -0.2) is 26.9 Å². The van der Waals surface area contributed by atoms with Crippen molar-refractivity contribution in [1.29, 1.82) is 0 Å². The fraction of sp³-hybridized carbons (Fsp3) is 0.294. The molecule has 3 fully saturated rings. The summed E-state index contributed by atoms with van der Waals surface area (Å²) in [5.41, 5.74) is -1.69. The van der Waals surface area contributed by atoms with Crippen LogP contribution in [0.1, 0.15) is 31.2 Å². The lowest BCUT2D eigenvalue weighted by Crippen LogP contribution is -2.60. The summed E-state index contributed by atoms with van der Waals surface area (Å²) in [6.45, 7) is 1.65. The van der Waals surface area contributed by atoms with Gasteiger partial charge in [0.15, 0.2) is 44.5 Å². The molecule has 4 aliphatic rings. The molecule has 7 rings (SSSR count). The van der Waals surface area contributed by atoms with Crippen molar-refractivity contribution in [3.05, 3.63) is 88.8 Å². The molecule has 2 saturated heterocycles. The van der Waals surface area contributed by atoms with E-state index < -0.39 is 105 Å². The van der Waals surface area contributed by atoms with Crippen LogP contribution in [0, 0.1) is 46.8 Å². The predicted octanol–water partition coefficient (Wildman–Crippen LogP) is 3.93. The number of halogens is 7. The van der Waals surface area contributed by atoms with Crippen molar-refractivity contribution < 1.29 is 61.0 Å². The topological polar surface area (TPSA) is 145 Å². The SMILES string of the molecule is CCOc1cc(C2C3=CCC4C(=O)N(c5cccc(B(O)O)c5)C(=O)C4C3CC3(Cl)C(=O)N(c4c(F)c(F)c(F)c(F)c4F)C(=O)C23Cl)ccc1O. The monoisotopic (exact) mass is 764 g/mol. The van der Waals surface area contributed by atoms with Crippen molar-refractivity contribution in [3.63, 3.8) is 0 Å². The van der Waals surface area contributed by atoms with Crippen LogP contribution in [0.5, 0.6) is 11.5 Å². The van der Waals surface area contributed by atoms with Crippen LogP contribution >= 0.6 is 23.2 Å². The Morgan fingerprint density at radius 2 is 1.52 bits per heavy atom. The number of rotatable bonds is 6. The summed E-state index contributed by atoms with van der Waals surface area (Å²) in [5.74, 6) is -22.7. The molecule has 3 aromatic rings. The molecule has 0 bridgehead atoms. The number of imide groups is 2. The Balaban J connectivity index is 1.43. The maximum atomic E-state index is 15.3. The Morgan fingerprint density at radius 1 is 0.865 bits per heavy atom. The van der Waals surface area contributed by atoms with Gasteiger partial charge in [0.05, 0.1) is 24.1 Å². The molecule has 6 unspecified atom stereocenters. The number of ether oxygens (including phenoxy) is 1. The summed E-state index contributed by atoms with van der Waals surface area (Å²) >= 11 is 14.3. The summed E-state index contributed by atoms with van der Waals surface area (Å²) in [6.07, 6.45) is 0.695. The second-order valence-electron chi connectivity index (χ2n) is 12.8. The molecule has 10 nitrogen and oxygen atoms in total. The van der Waals surface area contributed by atoms with Gasteiger partial charge in [0.25, 0.3) is 11.8 Å². The standard InChI is InChI=1S/C34H24BCl2F5N2O8/c1-2-52-20-10-13(6-9-19(20)45)22-16-7-8-17-21(30(47)43(29(17)46)15-5-3-4-14(11-15)35(50)51)18(16)12-33(36)31(48)44(32(49)34(22,33)37)28-26(41)24(39)23(38)25(40)27(28)42/h3-7,9-11,17-18,21-22,45,50-51H,2,8,12H2,1H3. The zero-order chi connectivity index (χ0) is 37.8. The molecular formula is C34H24BCl2F5N2O8. The fourth-order valence-corrected chi connectivity index (χ4v) is 8.94. The zero-order valence-corrected chi connectivity index (χ0v) is 28.1. The van der Waals surface area contributed by atoms with E-state index in [4.69, 9.17) is 27.9 Å². The molecule has 4 amide bonds. The van der Waals surface area contributed by atoms with E-state index in [1.165, 1.54) is 48.5 Å². The van der Waals surface area contributed by atoms with Gasteiger partial charge in [-0.15, -0.1) is 23.2 Å². The van der Waals surface area contributed by atoms with Crippen molar-refractivity contribution in [1.82, 2.24) is 0 Å². The van der Waals surface area contributed by atoms with Gasteiger partial charge < -0.3 is 19.9 Å². The maximum absolute atomic E-state index is 15.3. The van der Waals surface area contributed by atoms with Crippen LogP contribution in [0.3, 0.4) is 0 Å². The molecule has 1 saturated carbocycles. The number of nitrogens with zero attached hydrogens (tertiary/aromatic N) is 2. The number of phenolic OH excluding ortho intramolecular Hbond substituents is 1. The van der Waals surface area contributed by atoms with Crippen LogP contribution < -0.4 is 20.0 Å². The lowest BCUT2D eigenvalue weighted by atomic mass is 9.56. The van der Waals surface area contributed by atoms with Gasteiger partial charge in [-0.2, -0.15) is 0 Å². The first-order valence-electron chi connectivity index (χ1n) is 15.8. The zero-order valence-electron chi connectivity index (χ0n) is 26.5. The van der Waals surface area contributed by atoms with Crippen LogP contribution in [0.25, 0.3) is 0 Å². The second-order valence-corrected chi connectivity index (χ2v) is 14.1. The van der Waals surface area contributed by atoms with Gasteiger partial charge in [-0.1, -0.05) is 29.8 Å². The van der Waals surface area contributed by atoms with Crippen LogP contribution in [0.15, 0.2) is 54.1 Å². The molecule has 3 N–H and O–H groups in total. The van der Waals surface area contributed by atoms with Gasteiger partial charge in [0, 0.05) is 5.92 Å². The highest BCUT2D eigenvalue weighted by Crippen LogP contribution is 2.66. The average molecular weight is 765 g/mol. The largest absolute Gasteiger partial charge is 0.504 e. The van der Waals surface area contributed by atoms with Gasteiger partial charge in [0.1, 0.15) is 5.69 Å². The predicted molar refractivity (Wildman–Crippen MR) is 174 cm³/mol. The molecule has 2 aliphatic carbocycles. The van der Waals surface area contributed by atoms with E-state index in [2.05, 4.69) is 0 Å². The fourth-order valence-electron chi connectivity index (χ4n) is 8.00. The number of phenols is 1. The van der Waals surface area contributed by atoms with Gasteiger partial charge in [-0.05, 0) is 61.0 Å². The average Bonchev–Trinajstić information content (AvgIpc) is 3.45. The van der Waals surface area contributed by atoms with E-state index in [-0.39, 0.29) is 51.7 Å². The van der Waals surface area contributed by atoms with Gasteiger partial charge in [-0.3, -0.25) is 24.1 Å². The van der Waals surface area contributed by atoms with Crippen molar-refractivity contribution in [3.8, 4) is 11.5 Å². The molecule has 18 heteroatoms. The Kier molecular flexibility index (Phi) is 8.48.